The summed E-state index contributed by atoms with van der Waals surface area (Å²) in [6.45, 7) is 17.1. The fourth-order valence-corrected chi connectivity index (χ4v) is 6.19. The van der Waals surface area contributed by atoms with Crippen molar-refractivity contribution in [3.05, 3.63) is 190 Å². The fourth-order valence-electron chi connectivity index (χ4n) is 6.19. The Morgan fingerprint density at radius 3 is 0.958 bits per heavy atom. The molecule has 8 aromatic carbocycles. The second-order valence-corrected chi connectivity index (χ2v) is 13.2. The van der Waals surface area contributed by atoms with Crippen LogP contribution in [-0.4, -0.2) is 0 Å². The lowest BCUT2D eigenvalue weighted by Crippen LogP contribution is -1.81. The van der Waals surface area contributed by atoms with E-state index >= 15 is 0 Å². The molecule has 0 bridgehead atoms. The third kappa shape index (κ3) is 8.78. The lowest BCUT2D eigenvalue weighted by atomic mass is 10.0. The molecule has 48 heavy (non-hydrogen) atoms. The Hall–Kier alpha value is -5.20. The molecule has 0 N–H and O–H groups in total. The summed E-state index contributed by atoms with van der Waals surface area (Å²) in [6.07, 6.45) is 0. The molecule has 8 rings (SSSR count). The van der Waals surface area contributed by atoms with Gasteiger partial charge in [0.1, 0.15) is 0 Å². The molecule has 8 aromatic rings. The van der Waals surface area contributed by atoms with Crippen LogP contribution in [0.5, 0.6) is 0 Å². The molecule has 240 valence electrons. The standard InChI is InChI=1S/4C12H12/c1-9-3-5-12-8-10(2)4-6-11(12)7-9;1-9-3-5-11-6-4-10(2)8-12(11)7-9;1-9-5-3-7-11-8-4-6-10(2)12(9)11;1-9-7-11-5-3-4-6-12(11)8-10(9)2/h4*3-8H,1-2H3. The fraction of sp³-hybridized carbons (Fsp3) is 0.167. The van der Waals surface area contributed by atoms with Crippen LogP contribution in [0.2, 0.25) is 0 Å². The van der Waals surface area contributed by atoms with Crippen LogP contribution in [0.15, 0.2) is 146 Å². The minimum absolute atomic E-state index is 1.33. The van der Waals surface area contributed by atoms with Crippen LogP contribution in [0.25, 0.3) is 43.1 Å². The highest BCUT2D eigenvalue weighted by Crippen LogP contribution is 2.22. The summed E-state index contributed by atoms with van der Waals surface area (Å²) in [4.78, 5) is 0. The minimum atomic E-state index is 1.33. The zero-order chi connectivity index (χ0) is 34.2. The van der Waals surface area contributed by atoms with Crippen LogP contribution in [0, 0.1) is 55.4 Å². The second kappa shape index (κ2) is 15.6. The first-order chi connectivity index (χ1) is 23.1. The van der Waals surface area contributed by atoms with E-state index in [0.29, 0.717) is 0 Å². The Labute approximate surface area is 287 Å². The highest BCUT2D eigenvalue weighted by Gasteiger charge is 1.98. The maximum absolute atomic E-state index is 2.24. The van der Waals surface area contributed by atoms with Crippen LogP contribution in [0.3, 0.4) is 0 Å². The lowest BCUT2D eigenvalue weighted by molar-refractivity contribution is 1.37. The van der Waals surface area contributed by atoms with Gasteiger partial charge in [-0.2, -0.15) is 0 Å². The van der Waals surface area contributed by atoms with Crippen molar-refractivity contribution in [2.75, 3.05) is 0 Å². The van der Waals surface area contributed by atoms with E-state index in [1.165, 1.54) is 87.6 Å². The summed E-state index contributed by atoms with van der Waals surface area (Å²) in [5.41, 5.74) is 10.8. The van der Waals surface area contributed by atoms with Crippen molar-refractivity contribution in [3.8, 4) is 0 Å². The van der Waals surface area contributed by atoms with E-state index in [4.69, 9.17) is 0 Å². The molecule has 0 spiro atoms. The van der Waals surface area contributed by atoms with Gasteiger partial charge in [0.25, 0.3) is 0 Å². The first kappa shape index (κ1) is 34.1. The Kier molecular flexibility index (Phi) is 11.1. The third-order valence-corrected chi connectivity index (χ3v) is 8.99. The Balaban J connectivity index is 0.000000125. The predicted molar refractivity (Wildman–Crippen MR) is 214 cm³/mol. The van der Waals surface area contributed by atoms with Gasteiger partial charge in [0.2, 0.25) is 0 Å². The Morgan fingerprint density at radius 1 is 0.229 bits per heavy atom. The summed E-state index contributed by atoms with van der Waals surface area (Å²) in [7, 11) is 0. The quantitative estimate of drug-likeness (QED) is 0.157. The molecular weight excluding hydrogens is 577 g/mol. The van der Waals surface area contributed by atoms with Crippen LogP contribution in [-0.2, 0) is 0 Å². The number of benzene rings is 8. The summed E-state index contributed by atoms with van der Waals surface area (Å²) in [5.74, 6) is 0. The first-order valence-electron chi connectivity index (χ1n) is 16.9. The number of fused-ring (bicyclic) bond motifs is 4. The maximum Gasteiger partial charge on any atom is -0.0125 e. The van der Waals surface area contributed by atoms with Gasteiger partial charge in [-0.15, -0.1) is 0 Å². The van der Waals surface area contributed by atoms with Crippen molar-refractivity contribution in [1.82, 2.24) is 0 Å². The van der Waals surface area contributed by atoms with Crippen molar-refractivity contribution < 1.29 is 0 Å². The van der Waals surface area contributed by atoms with Gasteiger partial charge in [-0.1, -0.05) is 168 Å². The predicted octanol–water partition coefficient (Wildman–Crippen LogP) is 13.8. The minimum Gasteiger partial charge on any atom is -0.0616 e. The Bertz CT molecular complexity index is 2160. The van der Waals surface area contributed by atoms with E-state index in [9.17, 15) is 0 Å². The van der Waals surface area contributed by atoms with Crippen molar-refractivity contribution in [1.29, 1.82) is 0 Å². The summed E-state index contributed by atoms with van der Waals surface area (Å²) < 4.78 is 0. The molecule has 0 aromatic heterocycles. The van der Waals surface area contributed by atoms with Crippen LogP contribution in [0.4, 0.5) is 0 Å². The average Bonchev–Trinajstić information content (AvgIpc) is 3.06. The number of aryl methyl sites for hydroxylation is 8. The Morgan fingerprint density at radius 2 is 0.562 bits per heavy atom. The van der Waals surface area contributed by atoms with Crippen LogP contribution < -0.4 is 0 Å². The molecule has 0 heteroatoms. The highest BCUT2D eigenvalue weighted by molar-refractivity contribution is 5.88. The molecule has 0 amide bonds. The largest absolute Gasteiger partial charge is 0.0616 e. The van der Waals surface area contributed by atoms with Crippen LogP contribution >= 0.6 is 0 Å². The van der Waals surface area contributed by atoms with E-state index in [2.05, 4.69) is 201 Å². The molecule has 0 heterocycles. The van der Waals surface area contributed by atoms with E-state index < -0.39 is 0 Å². The maximum atomic E-state index is 2.24. The number of rotatable bonds is 0. The summed E-state index contributed by atoms with van der Waals surface area (Å²) in [6, 6.07) is 52.0. The van der Waals surface area contributed by atoms with Gasteiger partial charge in [-0.3, -0.25) is 0 Å². The smallest absolute Gasteiger partial charge is 0.0125 e. The molecule has 0 nitrogen and oxygen atoms in total. The zero-order valence-electron chi connectivity index (χ0n) is 29.9. The SMILES string of the molecule is Cc1cc2ccccc2cc1C.Cc1ccc2cc(C)ccc2c1.Cc1ccc2ccc(C)cc2c1.Cc1cccc2cccc(C)c12. The molecule has 0 aliphatic rings. The first-order valence-corrected chi connectivity index (χ1v) is 16.9. The average molecular weight is 625 g/mol. The van der Waals surface area contributed by atoms with Gasteiger partial charge in [-0.25, -0.2) is 0 Å². The van der Waals surface area contributed by atoms with Crippen molar-refractivity contribution in [2.45, 2.75) is 55.4 Å². The molecule has 0 aliphatic carbocycles. The van der Waals surface area contributed by atoms with Gasteiger partial charge in [0.15, 0.2) is 0 Å². The monoisotopic (exact) mass is 624 g/mol. The highest BCUT2D eigenvalue weighted by atomic mass is 14.0. The topological polar surface area (TPSA) is 0 Å². The van der Waals surface area contributed by atoms with Gasteiger partial charge in [-0.05, 0) is 121 Å². The van der Waals surface area contributed by atoms with Gasteiger partial charge in [0, 0.05) is 0 Å². The van der Waals surface area contributed by atoms with Crippen molar-refractivity contribution in [2.24, 2.45) is 0 Å². The second-order valence-electron chi connectivity index (χ2n) is 13.2. The summed E-state index contributed by atoms with van der Waals surface area (Å²) in [5, 5.41) is 10.7. The van der Waals surface area contributed by atoms with Gasteiger partial charge in [0.05, 0.1) is 0 Å². The third-order valence-electron chi connectivity index (χ3n) is 8.99. The lowest BCUT2D eigenvalue weighted by Gasteiger charge is -2.04. The molecule has 0 aliphatic heterocycles. The molecule has 0 saturated carbocycles. The molecule has 0 atom stereocenters. The van der Waals surface area contributed by atoms with Crippen molar-refractivity contribution in [3.63, 3.8) is 0 Å². The number of hydrogen-bond donors (Lipinski definition) is 0. The van der Waals surface area contributed by atoms with Crippen molar-refractivity contribution >= 4 is 43.1 Å². The van der Waals surface area contributed by atoms with E-state index in [1.54, 1.807) is 0 Å². The van der Waals surface area contributed by atoms with E-state index in [-0.39, 0.29) is 0 Å². The summed E-state index contributed by atoms with van der Waals surface area (Å²) >= 11 is 0. The molecule has 0 radical (unpaired) electrons. The van der Waals surface area contributed by atoms with Gasteiger partial charge < -0.3 is 0 Å². The van der Waals surface area contributed by atoms with E-state index in [0.717, 1.165) is 0 Å². The zero-order valence-corrected chi connectivity index (χ0v) is 29.9. The molecule has 0 unspecified atom stereocenters. The number of hydrogen-bond acceptors (Lipinski definition) is 0. The van der Waals surface area contributed by atoms with Gasteiger partial charge >= 0.3 is 0 Å². The molecule has 0 saturated heterocycles. The van der Waals surface area contributed by atoms with Crippen LogP contribution in [0.1, 0.15) is 44.5 Å². The van der Waals surface area contributed by atoms with E-state index in [1.807, 2.05) is 0 Å². The molecular formula is C48H48. The normalized spacial score (nSPS) is 10.5. The molecule has 0 fully saturated rings.